The zero-order valence-electron chi connectivity index (χ0n) is 15.3. The van der Waals surface area contributed by atoms with Gasteiger partial charge in [-0.2, -0.15) is 0 Å². The van der Waals surface area contributed by atoms with Gasteiger partial charge in [0.25, 0.3) is 0 Å². The summed E-state index contributed by atoms with van der Waals surface area (Å²) in [5.41, 5.74) is 7.04. The Bertz CT molecular complexity index is 614. The number of benzene rings is 1. The quantitative estimate of drug-likeness (QED) is 0.850. The van der Waals surface area contributed by atoms with Crippen molar-refractivity contribution in [3.8, 4) is 5.75 Å². The second-order valence-electron chi connectivity index (χ2n) is 7.03. The number of hydrogen-bond acceptors (Lipinski definition) is 5. The van der Waals surface area contributed by atoms with Gasteiger partial charge in [0.1, 0.15) is 11.6 Å². The summed E-state index contributed by atoms with van der Waals surface area (Å²) in [7, 11) is 1.59. The van der Waals surface area contributed by atoms with Gasteiger partial charge < -0.3 is 20.1 Å². The fourth-order valence-corrected chi connectivity index (χ4v) is 3.73. The summed E-state index contributed by atoms with van der Waals surface area (Å²) >= 11 is 0. The molecule has 2 fully saturated rings. The Morgan fingerprint density at radius 3 is 2.65 bits per heavy atom. The molecule has 2 aliphatic heterocycles. The largest absolute Gasteiger partial charge is 0.496 e. The van der Waals surface area contributed by atoms with Gasteiger partial charge >= 0.3 is 0 Å². The van der Waals surface area contributed by atoms with E-state index in [-0.39, 0.29) is 17.6 Å². The van der Waals surface area contributed by atoms with Crippen molar-refractivity contribution in [2.24, 2.45) is 11.7 Å². The Kier molecular flexibility index (Phi) is 6.45. The second kappa shape index (κ2) is 8.79. The van der Waals surface area contributed by atoms with Crippen molar-refractivity contribution >= 4 is 5.91 Å². The maximum Gasteiger partial charge on any atom is 0.239 e. The molecule has 1 aromatic carbocycles. The van der Waals surface area contributed by atoms with E-state index >= 15 is 0 Å². The molecule has 0 radical (unpaired) electrons. The molecule has 0 bridgehead atoms. The van der Waals surface area contributed by atoms with E-state index in [0.717, 1.165) is 31.5 Å². The van der Waals surface area contributed by atoms with E-state index in [9.17, 15) is 9.18 Å². The van der Waals surface area contributed by atoms with E-state index in [2.05, 4.69) is 4.90 Å². The predicted octanol–water partition coefficient (Wildman–Crippen LogP) is 1.23. The minimum Gasteiger partial charge on any atom is -0.496 e. The standard InChI is InChI=1S/C19H28FN3O3/c1-25-17-3-2-16(20)12-15(17)13-22-6-8-23(9-7-22)19(24)18(21)14-4-10-26-11-5-14/h2-3,12,14,18H,4-11,13,21H2,1H3. The topological polar surface area (TPSA) is 68.0 Å². The lowest BCUT2D eigenvalue weighted by atomic mass is 9.91. The molecule has 0 saturated carbocycles. The Hall–Kier alpha value is -1.70. The van der Waals surface area contributed by atoms with Gasteiger partial charge in [-0.1, -0.05) is 0 Å². The first kappa shape index (κ1) is 19.1. The molecule has 1 amide bonds. The van der Waals surface area contributed by atoms with E-state index in [1.807, 2.05) is 4.90 Å². The van der Waals surface area contributed by atoms with E-state index in [4.69, 9.17) is 15.2 Å². The summed E-state index contributed by atoms with van der Waals surface area (Å²) in [6.07, 6.45) is 1.71. The van der Waals surface area contributed by atoms with Crippen molar-refractivity contribution in [1.82, 2.24) is 9.80 Å². The number of halogens is 1. The first-order valence-electron chi connectivity index (χ1n) is 9.25. The van der Waals surface area contributed by atoms with Gasteiger partial charge in [0.15, 0.2) is 0 Å². The Balaban J connectivity index is 1.52. The highest BCUT2D eigenvalue weighted by Gasteiger charge is 2.31. The number of piperazine rings is 1. The summed E-state index contributed by atoms with van der Waals surface area (Å²) in [4.78, 5) is 16.7. The highest BCUT2D eigenvalue weighted by Crippen LogP contribution is 2.23. The highest BCUT2D eigenvalue weighted by molar-refractivity contribution is 5.82. The first-order chi connectivity index (χ1) is 12.6. The predicted molar refractivity (Wildman–Crippen MR) is 96.3 cm³/mol. The molecule has 1 atom stereocenters. The van der Waals surface area contributed by atoms with Crippen LogP contribution in [0.5, 0.6) is 5.75 Å². The number of carbonyl (C=O) groups is 1. The number of hydrogen-bond donors (Lipinski definition) is 1. The van der Waals surface area contributed by atoms with Crippen molar-refractivity contribution < 1.29 is 18.7 Å². The van der Waals surface area contributed by atoms with Crippen molar-refractivity contribution in [2.45, 2.75) is 25.4 Å². The zero-order valence-corrected chi connectivity index (χ0v) is 15.3. The molecule has 1 aromatic rings. The van der Waals surface area contributed by atoms with Crippen LogP contribution in [-0.2, 0) is 16.1 Å². The van der Waals surface area contributed by atoms with E-state index in [0.29, 0.717) is 38.6 Å². The third-order valence-electron chi connectivity index (χ3n) is 5.38. The minimum atomic E-state index is -0.436. The molecule has 6 nitrogen and oxygen atoms in total. The van der Waals surface area contributed by atoms with Crippen LogP contribution in [0.3, 0.4) is 0 Å². The number of methoxy groups -OCH3 is 1. The zero-order chi connectivity index (χ0) is 18.5. The van der Waals surface area contributed by atoms with Crippen LogP contribution in [0, 0.1) is 11.7 Å². The fraction of sp³-hybridized carbons (Fsp3) is 0.632. The highest BCUT2D eigenvalue weighted by atomic mass is 19.1. The molecule has 1 unspecified atom stereocenters. The molecule has 2 aliphatic rings. The lowest BCUT2D eigenvalue weighted by molar-refractivity contribution is -0.136. The van der Waals surface area contributed by atoms with Crippen molar-refractivity contribution in [3.63, 3.8) is 0 Å². The molecule has 7 heteroatoms. The van der Waals surface area contributed by atoms with Crippen LogP contribution in [-0.4, -0.2) is 68.3 Å². The summed E-state index contributed by atoms with van der Waals surface area (Å²) < 4.78 is 24.2. The van der Waals surface area contributed by atoms with E-state index in [1.54, 1.807) is 13.2 Å². The molecule has 0 aromatic heterocycles. The summed E-state index contributed by atoms with van der Waals surface area (Å²) in [5, 5.41) is 0. The lowest BCUT2D eigenvalue weighted by Crippen LogP contribution is -2.55. The first-order valence-corrected chi connectivity index (χ1v) is 9.25. The average molecular weight is 365 g/mol. The van der Waals surface area contributed by atoms with Crippen molar-refractivity contribution in [1.29, 1.82) is 0 Å². The number of rotatable bonds is 5. The van der Waals surface area contributed by atoms with E-state index in [1.165, 1.54) is 12.1 Å². The normalized spacial score (nSPS) is 20.8. The number of amides is 1. The van der Waals surface area contributed by atoms with Gasteiger partial charge in [-0.15, -0.1) is 0 Å². The summed E-state index contributed by atoms with van der Waals surface area (Å²) in [5.74, 6) is 0.675. The smallest absolute Gasteiger partial charge is 0.239 e. The van der Waals surface area contributed by atoms with Crippen LogP contribution in [0.2, 0.25) is 0 Å². The lowest BCUT2D eigenvalue weighted by Gasteiger charge is -2.37. The molecule has 0 aliphatic carbocycles. The number of ether oxygens (including phenoxy) is 2. The maximum atomic E-state index is 13.5. The van der Waals surface area contributed by atoms with Gasteiger partial charge in [-0.3, -0.25) is 9.69 Å². The Morgan fingerprint density at radius 1 is 1.31 bits per heavy atom. The van der Waals surface area contributed by atoms with E-state index < -0.39 is 6.04 Å². The molecule has 3 rings (SSSR count). The molecule has 144 valence electrons. The molecule has 0 spiro atoms. The van der Waals surface area contributed by atoms with Crippen LogP contribution < -0.4 is 10.5 Å². The maximum absolute atomic E-state index is 13.5. The number of nitrogens with two attached hydrogens (primary N) is 1. The van der Waals surface area contributed by atoms with Crippen molar-refractivity contribution in [3.05, 3.63) is 29.6 Å². The van der Waals surface area contributed by atoms with Gasteiger partial charge in [-0.25, -0.2) is 4.39 Å². The van der Waals surface area contributed by atoms with Gasteiger partial charge in [-0.05, 0) is 37.0 Å². The summed E-state index contributed by atoms with van der Waals surface area (Å²) in [6, 6.07) is 4.12. The van der Waals surface area contributed by atoms with Crippen LogP contribution in [0.1, 0.15) is 18.4 Å². The number of carbonyl (C=O) groups excluding carboxylic acids is 1. The fourth-order valence-electron chi connectivity index (χ4n) is 3.73. The second-order valence-corrected chi connectivity index (χ2v) is 7.03. The summed E-state index contributed by atoms with van der Waals surface area (Å²) in [6.45, 7) is 4.76. The van der Waals surface area contributed by atoms with Gasteiger partial charge in [0, 0.05) is 51.5 Å². The molecule has 2 heterocycles. The molecular formula is C19H28FN3O3. The molecule has 2 saturated heterocycles. The molecular weight excluding hydrogens is 337 g/mol. The van der Waals surface area contributed by atoms with Crippen LogP contribution in [0.25, 0.3) is 0 Å². The minimum absolute atomic E-state index is 0.0416. The van der Waals surface area contributed by atoms with Crippen LogP contribution >= 0.6 is 0 Å². The molecule has 26 heavy (non-hydrogen) atoms. The van der Waals surface area contributed by atoms with Crippen LogP contribution in [0.15, 0.2) is 18.2 Å². The van der Waals surface area contributed by atoms with Gasteiger partial charge in [0.2, 0.25) is 5.91 Å². The Morgan fingerprint density at radius 2 is 2.00 bits per heavy atom. The number of nitrogens with zero attached hydrogens (tertiary/aromatic N) is 2. The Labute approximate surface area is 154 Å². The SMILES string of the molecule is COc1ccc(F)cc1CN1CCN(C(=O)C(N)C2CCOCC2)CC1. The van der Waals surface area contributed by atoms with Crippen LogP contribution in [0.4, 0.5) is 4.39 Å². The monoisotopic (exact) mass is 365 g/mol. The molecule has 2 N–H and O–H groups in total. The van der Waals surface area contributed by atoms with Gasteiger partial charge in [0.05, 0.1) is 13.2 Å². The average Bonchev–Trinajstić information content (AvgIpc) is 2.68. The third-order valence-corrected chi connectivity index (χ3v) is 5.38. The third kappa shape index (κ3) is 4.52. The van der Waals surface area contributed by atoms with Crippen molar-refractivity contribution in [2.75, 3.05) is 46.5 Å².